The molecule has 2 N–H and O–H groups in total. The molecule has 1 saturated carbocycles. The summed E-state index contributed by atoms with van der Waals surface area (Å²) in [6.45, 7) is 2.14. The number of carbonyl (C=O) groups is 1. The van der Waals surface area contributed by atoms with Crippen LogP contribution in [0.2, 0.25) is 0 Å². The highest BCUT2D eigenvalue weighted by Gasteiger charge is 2.23. The van der Waals surface area contributed by atoms with Gasteiger partial charge in [0.1, 0.15) is 5.82 Å². The molecule has 1 aromatic heterocycles. The zero-order valence-electron chi connectivity index (χ0n) is 16.3. The van der Waals surface area contributed by atoms with Gasteiger partial charge in [0.2, 0.25) is 0 Å². The van der Waals surface area contributed by atoms with E-state index < -0.39 is 0 Å². The van der Waals surface area contributed by atoms with Crippen molar-refractivity contribution in [2.75, 3.05) is 5.32 Å². The Kier molecular flexibility index (Phi) is 8.43. The van der Waals surface area contributed by atoms with E-state index in [-0.39, 0.29) is 44.8 Å². The van der Waals surface area contributed by atoms with Crippen LogP contribution in [-0.2, 0) is 0 Å². The van der Waals surface area contributed by atoms with Crippen molar-refractivity contribution in [1.29, 1.82) is 0 Å². The monoisotopic (exact) mass is 450 g/mol. The average Bonchev–Trinajstić information content (AvgIpc) is 3.05. The maximum atomic E-state index is 13.0. The van der Waals surface area contributed by atoms with Crippen molar-refractivity contribution in [3.63, 3.8) is 0 Å². The SMILES string of the molecule is Cc1cc2c(NC3CCC(NC(=O)c4ccc(F)cc4)CC3)cccc2s1.S.S. The maximum Gasteiger partial charge on any atom is 0.251 e. The summed E-state index contributed by atoms with van der Waals surface area (Å²) in [4.78, 5) is 13.6. The van der Waals surface area contributed by atoms with Crippen molar-refractivity contribution in [3.05, 3.63) is 64.8 Å². The lowest BCUT2D eigenvalue weighted by Crippen LogP contribution is -2.40. The van der Waals surface area contributed by atoms with Crippen LogP contribution in [0.15, 0.2) is 48.5 Å². The van der Waals surface area contributed by atoms with Crippen molar-refractivity contribution < 1.29 is 9.18 Å². The molecule has 0 saturated heterocycles. The van der Waals surface area contributed by atoms with Crippen LogP contribution in [0.4, 0.5) is 10.1 Å². The van der Waals surface area contributed by atoms with Crippen LogP contribution >= 0.6 is 38.3 Å². The first kappa shape index (κ1) is 23.6. The Morgan fingerprint density at radius 3 is 2.34 bits per heavy atom. The first-order valence-corrected chi connectivity index (χ1v) is 10.2. The molecule has 156 valence electrons. The highest BCUT2D eigenvalue weighted by atomic mass is 32.1. The van der Waals surface area contributed by atoms with Crippen LogP contribution < -0.4 is 10.6 Å². The lowest BCUT2D eigenvalue weighted by Gasteiger charge is -2.30. The predicted molar refractivity (Wildman–Crippen MR) is 131 cm³/mol. The molecule has 2 aromatic carbocycles. The van der Waals surface area contributed by atoms with Crippen LogP contribution in [0, 0.1) is 12.7 Å². The van der Waals surface area contributed by atoms with Crippen LogP contribution in [0.25, 0.3) is 10.1 Å². The van der Waals surface area contributed by atoms with Crippen molar-refractivity contribution in [2.24, 2.45) is 0 Å². The molecular weight excluding hydrogens is 423 g/mol. The van der Waals surface area contributed by atoms with Gasteiger partial charge in [0.05, 0.1) is 0 Å². The van der Waals surface area contributed by atoms with E-state index >= 15 is 0 Å². The van der Waals surface area contributed by atoms with E-state index in [2.05, 4.69) is 41.8 Å². The molecule has 1 aliphatic rings. The normalized spacial score (nSPS) is 18.4. The van der Waals surface area contributed by atoms with Crippen molar-refractivity contribution in [2.45, 2.75) is 44.7 Å². The highest BCUT2D eigenvalue weighted by Crippen LogP contribution is 2.32. The largest absolute Gasteiger partial charge is 0.382 e. The molecule has 0 spiro atoms. The second-order valence-electron chi connectivity index (χ2n) is 7.25. The van der Waals surface area contributed by atoms with Gasteiger partial charge in [-0.2, -0.15) is 27.0 Å². The second-order valence-corrected chi connectivity index (χ2v) is 8.54. The third-order valence-electron chi connectivity index (χ3n) is 5.21. The minimum absolute atomic E-state index is 0. The van der Waals surface area contributed by atoms with E-state index in [0.29, 0.717) is 11.6 Å². The maximum absolute atomic E-state index is 13.0. The van der Waals surface area contributed by atoms with Gasteiger partial charge in [-0.15, -0.1) is 11.3 Å². The molecule has 1 aliphatic carbocycles. The molecule has 0 unspecified atom stereocenters. The second kappa shape index (κ2) is 10.4. The van der Waals surface area contributed by atoms with Gasteiger partial charge in [0.15, 0.2) is 0 Å². The van der Waals surface area contributed by atoms with Gasteiger partial charge in [-0.25, -0.2) is 4.39 Å². The number of carbonyl (C=O) groups excluding carboxylic acids is 1. The van der Waals surface area contributed by atoms with Crippen LogP contribution in [0.1, 0.15) is 40.9 Å². The molecule has 3 aromatic rings. The third kappa shape index (κ3) is 5.68. The fourth-order valence-electron chi connectivity index (χ4n) is 3.79. The van der Waals surface area contributed by atoms with Crippen molar-refractivity contribution in [1.82, 2.24) is 5.32 Å². The molecule has 29 heavy (non-hydrogen) atoms. The molecule has 0 radical (unpaired) electrons. The summed E-state index contributed by atoms with van der Waals surface area (Å²) < 4.78 is 14.3. The van der Waals surface area contributed by atoms with Gasteiger partial charge in [-0.1, -0.05) is 6.07 Å². The first-order valence-electron chi connectivity index (χ1n) is 9.40. The summed E-state index contributed by atoms with van der Waals surface area (Å²) in [6, 6.07) is 15.0. The fraction of sp³-hybridized carbons (Fsp3) is 0.318. The van der Waals surface area contributed by atoms with E-state index in [9.17, 15) is 9.18 Å². The van der Waals surface area contributed by atoms with E-state index in [1.54, 1.807) is 0 Å². The number of aryl methyl sites for hydroxylation is 1. The summed E-state index contributed by atoms with van der Waals surface area (Å²) in [5.74, 6) is -0.445. The summed E-state index contributed by atoms with van der Waals surface area (Å²) in [5.41, 5.74) is 1.71. The van der Waals surface area contributed by atoms with Crippen LogP contribution in [0.3, 0.4) is 0 Å². The fourth-order valence-corrected chi connectivity index (χ4v) is 4.74. The molecule has 0 atom stereocenters. The molecule has 0 bridgehead atoms. The number of amides is 1. The van der Waals surface area contributed by atoms with Gasteiger partial charge in [0.25, 0.3) is 5.91 Å². The Labute approximate surface area is 189 Å². The summed E-state index contributed by atoms with van der Waals surface area (Å²) >= 11 is 1.82. The predicted octanol–water partition coefficient (Wildman–Crippen LogP) is 5.73. The summed E-state index contributed by atoms with van der Waals surface area (Å²) in [7, 11) is 0. The van der Waals surface area contributed by atoms with E-state index in [1.165, 1.54) is 44.9 Å². The molecule has 1 amide bonds. The zero-order valence-corrected chi connectivity index (χ0v) is 19.1. The lowest BCUT2D eigenvalue weighted by atomic mass is 9.90. The zero-order chi connectivity index (χ0) is 18.8. The standard InChI is InChI=1S/C22H23FN2OS.2H2S/c1-14-13-19-20(3-2-4-21(19)27-14)24-17-9-11-18(12-10-17)25-22(26)15-5-7-16(23)8-6-15;;/h2-8,13,17-18,24H,9-12H2,1H3,(H,25,26);2*1H2. The first-order chi connectivity index (χ1) is 13.1. The number of hydrogen-bond acceptors (Lipinski definition) is 3. The quantitative estimate of drug-likeness (QED) is 0.533. The average molecular weight is 451 g/mol. The number of halogens is 1. The molecule has 4 rings (SSSR count). The molecule has 7 heteroatoms. The van der Waals surface area contributed by atoms with E-state index in [1.807, 2.05) is 11.3 Å². The van der Waals surface area contributed by atoms with Crippen molar-refractivity contribution >= 4 is 60.0 Å². The van der Waals surface area contributed by atoms with Gasteiger partial charge < -0.3 is 10.6 Å². The lowest BCUT2D eigenvalue weighted by molar-refractivity contribution is 0.0926. The van der Waals surface area contributed by atoms with Gasteiger partial charge in [0, 0.05) is 38.3 Å². The smallest absolute Gasteiger partial charge is 0.251 e. The Bertz CT molecular complexity index is 950. The van der Waals surface area contributed by atoms with Gasteiger partial charge >= 0.3 is 0 Å². The third-order valence-corrected chi connectivity index (χ3v) is 6.23. The number of nitrogens with one attached hydrogen (secondary N) is 2. The number of fused-ring (bicyclic) bond motifs is 1. The Morgan fingerprint density at radius 1 is 1.00 bits per heavy atom. The highest BCUT2D eigenvalue weighted by molar-refractivity contribution is 7.59. The van der Waals surface area contributed by atoms with Crippen LogP contribution in [-0.4, -0.2) is 18.0 Å². The summed E-state index contributed by atoms with van der Waals surface area (Å²) in [5, 5.41) is 8.08. The number of anilines is 1. The number of rotatable bonds is 4. The molecule has 3 nitrogen and oxygen atoms in total. The Morgan fingerprint density at radius 2 is 1.66 bits per heavy atom. The molecular formula is C22H27FN2OS3. The van der Waals surface area contributed by atoms with Crippen LogP contribution in [0.5, 0.6) is 0 Å². The molecule has 1 fully saturated rings. The summed E-state index contributed by atoms with van der Waals surface area (Å²) in [6.07, 6.45) is 3.94. The number of hydrogen-bond donors (Lipinski definition) is 2. The number of thiophene rings is 1. The minimum Gasteiger partial charge on any atom is -0.382 e. The Balaban J connectivity index is 0.00000150. The molecule has 1 heterocycles. The van der Waals surface area contributed by atoms with E-state index in [4.69, 9.17) is 0 Å². The van der Waals surface area contributed by atoms with Gasteiger partial charge in [-0.3, -0.25) is 4.79 Å². The minimum atomic E-state index is -0.325. The van der Waals surface area contributed by atoms with E-state index in [0.717, 1.165) is 25.7 Å². The van der Waals surface area contributed by atoms with Gasteiger partial charge in [-0.05, 0) is 75.1 Å². The number of benzene rings is 2. The Hall–Kier alpha value is -1.70. The molecule has 0 aliphatic heterocycles. The topological polar surface area (TPSA) is 41.1 Å². The van der Waals surface area contributed by atoms with Crippen molar-refractivity contribution in [3.8, 4) is 0 Å².